The number of rotatable bonds is 3. The second-order valence-electron chi connectivity index (χ2n) is 7.03. The van der Waals surface area contributed by atoms with Gasteiger partial charge in [-0.2, -0.15) is 0 Å². The van der Waals surface area contributed by atoms with Crippen molar-refractivity contribution in [1.82, 2.24) is 25.0 Å². The number of nitrogens with zero attached hydrogens (tertiary/aromatic N) is 7. The first-order valence-electron chi connectivity index (χ1n) is 9.43. The third-order valence-corrected chi connectivity index (χ3v) is 5.24. The number of anilines is 2. The molecule has 0 unspecified atom stereocenters. The summed E-state index contributed by atoms with van der Waals surface area (Å²) in [5, 5.41) is 8.86. The molecule has 2 aromatic heterocycles. The molecule has 8 heteroatoms. The highest BCUT2D eigenvalue weighted by molar-refractivity contribution is 5.92. The van der Waals surface area contributed by atoms with Gasteiger partial charge in [-0.25, -0.2) is 0 Å². The lowest BCUT2D eigenvalue weighted by molar-refractivity contribution is 0.0740. The number of amides is 1. The predicted octanol–water partition coefficient (Wildman–Crippen LogP) is 0.586. The zero-order valence-corrected chi connectivity index (χ0v) is 15.7. The molecule has 0 radical (unpaired) electrons. The van der Waals surface area contributed by atoms with Crippen molar-refractivity contribution in [3.05, 3.63) is 42.2 Å². The van der Waals surface area contributed by atoms with Crippen LogP contribution in [0, 0.1) is 0 Å². The minimum atomic E-state index is -0.00764. The molecule has 2 aromatic rings. The molecule has 0 N–H and O–H groups in total. The molecule has 0 saturated carbocycles. The van der Waals surface area contributed by atoms with Gasteiger partial charge in [0.25, 0.3) is 5.91 Å². The molecule has 4 heterocycles. The Bertz CT molecular complexity index is 751. The maximum atomic E-state index is 12.5. The van der Waals surface area contributed by atoms with E-state index < -0.39 is 0 Å². The van der Waals surface area contributed by atoms with Gasteiger partial charge in [0.15, 0.2) is 11.6 Å². The largest absolute Gasteiger partial charge is 0.353 e. The van der Waals surface area contributed by atoms with Crippen molar-refractivity contribution in [3.8, 4) is 0 Å². The number of carbonyl (C=O) groups excluding carboxylic acids is 1. The molecule has 0 spiro atoms. The lowest BCUT2D eigenvalue weighted by Gasteiger charge is -2.35. The third kappa shape index (κ3) is 4.00. The summed E-state index contributed by atoms with van der Waals surface area (Å²) in [4.78, 5) is 25.3. The van der Waals surface area contributed by atoms with Gasteiger partial charge in [-0.05, 0) is 31.3 Å². The van der Waals surface area contributed by atoms with Crippen LogP contribution in [-0.4, -0.2) is 90.3 Å². The Morgan fingerprint density at radius 3 is 1.93 bits per heavy atom. The standard InChI is InChI=1S/C19H25N7O/c1-23-8-10-24(11-9-23)17-5-6-18(22-21-17)25-12-14-26(15-13-25)19(27)16-4-2-3-7-20-16/h2-7H,8-15H2,1H3. The quantitative estimate of drug-likeness (QED) is 0.786. The van der Waals surface area contributed by atoms with Gasteiger partial charge in [0.2, 0.25) is 0 Å². The maximum Gasteiger partial charge on any atom is 0.272 e. The van der Waals surface area contributed by atoms with Crippen molar-refractivity contribution in [2.24, 2.45) is 0 Å². The number of hydrogen-bond donors (Lipinski definition) is 0. The van der Waals surface area contributed by atoms with Crippen LogP contribution in [0.2, 0.25) is 0 Å². The number of hydrogen-bond acceptors (Lipinski definition) is 7. The van der Waals surface area contributed by atoms with E-state index in [1.54, 1.807) is 12.3 Å². The summed E-state index contributed by atoms with van der Waals surface area (Å²) in [6.45, 7) is 6.90. The van der Waals surface area contributed by atoms with Crippen molar-refractivity contribution < 1.29 is 4.79 Å². The molecule has 2 saturated heterocycles. The molecule has 142 valence electrons. The van der Waals surface area contributed by atoms with E-state index in [0.717, 1.165) is 50.9 Å². The van der Waals surface area contributed by atoms with Crippen molar-refractivity contribution in [3.63, 3.8) is 0 Å². The van der Waals surface area contributed by atoms with E-state index in [0.29, 0.717) is 18.8 Å². The zero-order valence-electron chi connectivity index (χ0n) is 15.7. The number of likely N-dealkylation sites (N-methyl/N-ethyl adjacent to an activating group) is 1. The average Bonchev–Trinajstić information content (AvgIpc) is 2.75. The molecular formula is C19H25N7O. The van der Waals surface area contributed by atoms with Gasteiger partial charge in [-0.15, -0.1) is 10.2 Å². The van der Waals surface area contributed by atoms with E-state index >= 15 is 0 Å². The Balaban J connectivity index is 1.34. The molecular weight excluding hydrogens is 342 g/mol. The van der Waals surface area contributed by atoms with Crippen molar-refractivity contribution in [2.75, 3.05) is 69.2 Å². The molecule has 2 aliphatic rings. The molecule has 0 bridgehead atoms. The predicted molar refractivity (Wildman–Crippen MR) is 104 cm³/mol. The van der Waals surface area contributed by atoms with Gasteiger partial charge in [0, 0.05) is 58.6 Å². The first-order valence-corrected chi connectivity index (χ1v) is 9.43. The van der Waals surface area contributed by atoms with Crippen LogP contribution in [0.15, 0.2) is 36.5 Å². The summed E-state index contributed by atoms with van der Waals surface area (Å²) in [5.41, 5.74) is 0.502. The Morgan fingerprint density at radius 1 is 0.815 bits per heavy atom. The normalized spacial score (nSPS) is 18.6. The monoisotopic (exact) mass is 367 g/mol. The topological polar surface area (TPSA) is 68.7 Å². The Hall–Kier alpha value is -2.74. The summed E-state index contributed by atoms with van der Waals surface area (Å²) in [6, 6.07) is 9.51. The van der Waals surface area contributed by atoms with Gasteiger partial charge < -0.3 is 19.6 Å². The van der Waals surface area contributed by atoms with Crippen LogP contribution in [0.5, 0.6) is 0 Å². The first-order chi connectivity index (χ1) is 13.2. The highest BCUT2D eigenvalue weighted by Gasteiger charge is 2.24. The van der Waals surface area contributed by atoms with Gasteiger partial charge >= 0.3 is 0 Å². The lowest BCUT2D eigenvalue weighted by Crippen LogP contribution is -2.49. The van der Waals surface area contributed by atoms with Crippen LogP contribution in [0.3, 0.4) is 0 Å². The summed E-state index contributed by atoms with van der Waals surface area (Å²) in [7, 11) is 2.14. The molecule has 2 aliphatic heterocycles. The van der Waals surface area contributed by atoms with Gasteiger partial charge in [-0.3, -0.25) is 9.78 Å². The van der Waals surface area contributed by atoms with E-state index in [4.69, 9.17) is 0 Å². The minimum Gasteiger partial charge on any atom is -0.353 e. The molecule has 0 atom stereocenters. The van der Waals surface area contributed by atoms with Crippen LogP contribution in [0.4, 0.5) is 11.6 Å². The van der Waals surface area contributed by atoms with Crippen LogP contribution >= 0.6 is 0 Å². The van der Waals surface area contributed by atoms with Gasteiger partial charge in [0.05, 0.1) is 0 Å². The van der Waals surface area contributed by atoms with Gasteiger partial charge in [0.1, 0.15) is 5.69 Å². The Labute approximate surface area is 159 Å². The fraction of sp³-hybridized carbons (Fsp3) is 0.474. The molecule has 8 nitrogen and oxygen atoms in total. The fourth-order valence-corrected chi connectivity index (χ4v) is 3.48. The van der Waals surface area contributed by atoms with Crippen LogP contribution in [0.1, 0.15) is 10.5 Å². The van der Waals surface area contributed by atoms with E-state index in [2.05, 4.69) is 43.0 Å². The van der Waals surface area contributed by atoms with Crippen LogP contribution in [-0.2, 0) is 0 Å². The lowest BCUT2D eigenvalue weighted by atomic mass is 10.2. The molecule has 1 amide bonds. The van der Waals surface area contributed by atoms with Gasteiger partial charge in [-0.1, -0.05) is 6.07 Å². The number of aromatic nitrogens is 3. The maximum absolute atomic E-state index is 12.5. The fourth-order valence-electron chi connectivity index (χ4n) is 3.48. The van der Waals surface area contributed by atoms with Crippen molar-refractivity contribution in [2.45, 2.75) is 0 Å². The third-order valence-electron chi connectivity index (χ3n) is 5.24. The van der Waals surface area contributed by atoms with E-state index in [1.807, 2.05) is 23.1 Å². The van der Waals surface area contributed by atoms with Crippen molar-refractivity contribution in [1.29, 1.82) is 0 Å². The average molecular weight is 367 g/mol. The second-order valence-corrected chi connectivity index (χ2v) is 7.03. The molecule has 0 aromatic carbocycles. The molecule has 0 aliphatic carbocycles. The van der Waals surface area contributed by atoms with Crippen LogP contribution < -0.4 is 9.80 Å². The number of carbonyl (C=O) groups is 1. The molecule has 2 fully saturated rings. The zero-order chi connectivity index (χ0) is 18.6. The summed E-state index contributed by atoms with van der Waals surface area (Å²) in [6.07, 6.45) is 1.65. The van der Waals surface area contributed by atoms with E-state index in [1.165, 1.54) is 0 Å². The highest BCUT2D eigenvalue weighted by atomic mass is 16.2. The second kappa shape index (κ2) is 7.87. The molecule has 4 rings (SSSR count). The SMILES string of the molecule is CN1CCN(c2ccc(N3CCN(C(=O)c4ccccn4)CC3)nn2)CC1. The highest BCUT2D eigenvalue weighted by Crippen LogP contribution is 2.18. The van der Waals surface area contributed by atoms with E-state index in [-0.39, 0.29) is 5.91 Å². The number of piperazine rings is 2. The first kappa shape index (κ1) is 17.7. The number of pyridine rings is 1. The van der Waals surface area contributed by atoms with Crippen LogP contribution in [0.25, 0.3) is 0 Å². The summed E-state index contributed by atoms with van der Waals surface area (Å²) in [5.74, 6) is 1.81. The smallest absolute Gasteiger partial charge is 0.272 e. The van der Waals surface area contributed by atoms with Crippen molar-refractivity contribution >= 4 is 17.5 Å². The Morgan fingerprint density at radius 2 is 1.41 bits per heavy atom. The molecule has 27 heavy (non-hydrogen) atoms. The van der Waals surface area contributed by atoms with E-state index in [9.17, 15) is 4.79 Å². The summed E-state index contributed by atoms with van der Waals surface area (Å²) >= 11 is 0. The summed E-state index contributed by atoms with van der Waals surface area (Å²) < 4.78 is 0. The Kier molecular flexibility index (Phi) is 5.15. The minimum absolute atomic E-state index is 0.00764.